The van der Waals surface area contributed by atoms with Crippen LogP contribution in [0.1, 0.15) is 0 Å². The number of rotatable bonds is 6. The molecule has 0 atom stereocenters. The van der Waals surface area contributed by atoms with Crippen molar-refractivity contribution in [1.29, 1.82) is 0 Å². The molecule has 12 rings (SSSR count). The molecule has 0 N–H and O–H groups in total. The predicted molar refractivity (Wildman–Crippen MR) is 244 cm³/mol. The minimum absolute atomic E-state index is 0.588. The molecule has 0 unspecified atom stereocenters. The molecule has 0 saturated heterocycles. The molecule has 0 bridgehead atoms. The Bertz CT molecular complexity index is 3320. The van der Waals surface area contributed by atoms with Crippen molar-refractivity contribution < 1.29 is 4.42 Å². The average molecular weight is 754 g/mol. The van der Waals surface area contributed by atoms with Crippen LogP contribution in [0.4, 0.5) is 0 Å². The first-order valence-electron chi connectivity index (χ1n) is 20.0. The number of hydrogen-bond donors (Lipinski definition) is 0. The molecule has 0 aliphatic carbocycles. The van der Waals surface area contributed by atoms with E-state index >= 15 is 0 Å². The second-order valence-corrected chi connectivity index (χ2v) is 15.2. The summed E-state index contributed by atoms with van der Waals surface area (Å²) >= 11 is 0. The van der Waals surface area contributed by atoms with Crippen LogP contribution in [0.25, 0.3) is 111 Å². The quantitative estimate of drug-likeness (QED) is 0.169. The fourth-order valence-corrected chi connectivity index (χ4v) is 9.04. The molecule has 12 aromatic rings. The molecule has 3 heterocycles. The van der Waals surface area contributed by atoms with Crippen LogP contribution in [0.5, 0.6) is 0 Å². The topological polar surface area (TPSA) is 35.9 Å². The van der Waals surface area contributed by atoms with Gasteiger partial charge in [-0.1, -0.05) is 146 Å². The monoisotopic (exact) mass is 753 g/mol. The van der Waals surface area contributed by atoms with E-state index in [0.717, 1.165) is 61.4 Å². The molecule has 4 heteroatoms. The van der Waals surface area contributed by atoms with Gasteiger partial charge in [-0.25, -0.2) is 4.98 Å². The van der Waals surface area contributed by atoms with Crippen LogP contribution in [0.15, 0.2) is 217 Å². The van der Waals surface area contributed by atoms with Crippen molar-refractivity contribution in [3.05, 3.63) is 212 Å². The van der Waals surface area contributed by atoms with Gasteiger partial charge in [-0.05, 0) is 94.5 Å². The maximum absolute atomic E-state index is 6.71. The third-order valence-electron chi connectivity index (χ3n) is 11.7. The molecular weight excluding hydrogens is 719 g/mol. The highest BCUT2D eigenvalue weighted by Crippen LogP contribution is 2.40. The Labute approximate surface area is 340 Å². The Kier molecular flexibility index (Phi) is 7.50. The molecule has 0 aliphatic heterocycles. The molecule has 3 aromatic heterocycles. The van der Waals surface area contributed by atoms with Gasteiger partial charge in [0, 0.05) is 44.0 Å². The molecule has 0 fully saturated rings. The summed E-state index contributed by atoms with van der Waals surface area (Å²) in [7, 11) is 0. The summed E-state index contributed by atoms with van der Waals surface area (Å²) in [6, 6.07) is 75.7. The van der Waals surface area contributed by atoms with Crippen LogP contribution < -0.4 is 0 Å². The Morgan fingerprint density at radius 1 is 0.322 bits per heavy atom. The molecule has 0 saturated carbocycles. The lowest BCUT2D eigenvalue weighted by atomic mass is 9.98. The number of oxazole rings is 1. The standard InChI is InChI=1S/C55H35N3O/c1-3-16-36(17-4-1)41-33-48(37-18-5-2-6-19-37)54-53(34-41)59-55(56-54)39-21-15-20-38(30-39)40-31-42(57-49-26-11-7-22-44(49)45-23-8-12-27-50(45)57)35-43(32-40)58-51-28-13-9-24-46(51)47-25-10-14-29-52(47)58/h1-35H. The minimum atomic E-state index is 0.588. The zero-order valence-corrected chi connectivity index (χ0v) is 32.0. The number of hydrogen-bond acceptors (Lipinski definition) is 2. The van der Waals surface area contributed by atoms with Crippen molar-refractivity contribution in [2.45, 2.75) is 0 Å². The van der Waals surface area contributed by atoms with Gasteiger partial charge in [0.1, 0.15) is 5.52 Å². The Morgan fingerprint density at radius 2 is 0.763 bits per heavy atom. The molecule has 0 aliphatic rings. The van der Waals surface area contributed by atoms with Crippen molar-refractivity contribution >= 4 is 54.7 Å². The lowest BCUT2D eigenvalue weighted by molar-refractivity contribution is 0.620. The highest BCUT2D eigenvalue weighted by Gasteiger charge is 2.19. The molecule has 9 aromatic carbocycles. The largest absolute Gasteiger partial charge is 0.436 e. The number of fused-ring (bicyclic) bond motifs is 7. The number of benzene rings is 9. The van der Waals surface area contributed by atoms with E-state index in [1.54, 1.807) is 0 Å². The molecule has 0 radical (unpaired) electrons. The van der Waals surface area contributed by atoms with Crippen molar-refractivity contribution in [2.24, 2.45) is 0 Å². The summed E-state index contributed by atoms with van der Waals surface area (Å²) in [5, 5.41) is 4.93. The van der Waals surface area contributed by atoms with Gasteiger partial charge in [-0.2, -0.15) is 0 Å². The number of para-hydroxylation sites is 4. The molecule has 0 spiro atoms. The predicted octanol–water partition coefficient (Wildman–Crippen LogP) is 14.7. The Balaban J connectivity index is 1.08. The smallest absolute Gasteiger partial charge is 0.227 e. The summed E-state index contributed by atoms with van der Waals surface area (Å²) in [5.41, 5.74) is 15.9. The maximum Gasteiger partial charge on any atom is 0.227 e. The van der Waals surface area contributed by atoms with Gasteiger partial charge in [0.25, 0.3) is 0 Å². The van der Waals surface area contributed by atoms with Crippen LogP contribution in [0.3, 0.4) is 0 Å². The van der Waals surface area contributed by atoms with Gasteiger partial charge in [-0.3, -0.25) is 0 Å². The minimum Gasteiger partial charge on any atom is -0.436 e. The van der Waals surface area contributed by atoms with E-state index in [0.29, 0.717) is 5.89 Å². The zero-order chi connectivity index (χ0) is 38.9. The highest BCUT2D eigenvalue weighted by molar-refractivity contribution is 6.11. The second kappa shape index (κ2) is 13.3. The van der Waals surface area contributed by atoms with E-state index in [1.165, 1.54) is 43.6 Å². The number of aromatic nitrogens is 3. The second-order valence-electron chi connectivity index (χ2n) is 15.2. The van der Waals surface area contributed by atoms with Gasteiger partial charge < -0.3 is 13.6 Å². The summed E-state index contributed by atoms with van der Waals surface area (Å²) in [4.78, 5) is 5.21. The van der Waals surface area contributed by atoms with E-state index in [1.807, 2.05) is 12.1 Å². The van der Waals surface area contributed by atoms with Gasteiger partial charge >= 0.3 is 0 Å². The summed E-state index contributed by atoms with van der Waals surface area (Å²) in [6.45, 7) is 0. The van der Waals surface area contributed by atoms with Crippen molar-refractivity contribution in [1.82, 2.24) is 14.1 Å². The van der Waals surface area contributed by atoms with Gasteiger partial charge in [0.2, 0.25) is 5.89 Å². The van der Waals surface area contributed by atoms with Crippen LogP contribution in [0.2, 0.25) is 0 Å². The first-order valence-corrected chi connectivity index (χ1v) is 20.0. The summed E-state index contributed by atoms with van der Waals surface area (Å²) in [6.07, 6.45) is 0. The molecule has 59 heavy (non-hydrogen) atoms. The molecule has 276 valence electrons. The number of nitrogens with zero attached hydrogens (tertiary/aromatic N) is 3. The van der Waals surface area contributed by atoms with Gasteiger partial charge in [0.05, 0.1) is 22.1 Å². The average Bonchev–Trinajstić information content (AvgIpc) is 4.00. The van der Waals surface area contributed by atoms with Crippen LogP contribution in [-0.2, 0) is 0 Å². The summed E-state index contributed by atoms with van der Waals surface area (Å²) in [5.74, 6) is 0.588. The first-order chi connectivity index (χ1) is 29.2. The van der Waals surface area contributed by atoms with Crippen molar-refractivity contribution in [2.75, 3.05) is 0 Å². The van der Waals surface area contributed by atoms with Crippen molar-refractivity contribution in [3.63, 3.8) is 0 Å². The van der Waals surface area contributed by atoms with Crippen molar-refractivity contribution in [3.8, 4) is 56.2 Å². The Hall–Kier alpha value is -7.95. The van der Waals surface area contributed by atoms with Gasteiger partial charge in [-0.15, -0.1) is 0 Å². The lowest BCUT2D eigenvalue weighted by Crippen LogP contribution is -2.00. The first kappa shape index (κ1) is 33.2. The SMILES string of the molecule is c1ccc(-c2cc(-c3ccccc3)c3nc(-c4cccc(-c5cc(-n6c7ccccc7c7ccccc76)cc(-n6c7ccccc7c7ccccc76)c5)c4)oc3c2)cc1. The zero-order valence-electron chi connectivity index (χ0n) is 32.0. The summed E-state index contributed by atoms with van der Waals surface area (Å²) < 4.78 is 11.5. The highest BCUT2D eigenvalue weighted by atomic mass is 16.3. The van der Waals surface area contributed by atoms with E-state index in [9.17, 15) is 0 Å². The molecule has 4 nitrogen and oxygen atoms in total. The Morgan fingerprint density at radius 3 is 1.31 bits per heavy atom. The van der Waals surface area contributed by atoms with Crippen LogP contribution >= 0.6 is 0 Å². The normalized spacial score (nSPS) is 11.7. The third-order valence-corrected chi connectivity index (χ3v) is 11.7. The van der Waals surface area contributed by atoms with Crippen LogP contribution in [-0.4, -0.2) is 14.1 Å². The fraction of sp³-hybridized carbons (Fsp3) is 0. The lowest BCUT2D eigenvalue weighted by Gasteiger charge is -2.16. The third kappa shape index (κ3) is 5.42. The fourth-order valence-electron chi connectivity index (χ4n) is 9.04. The molecular formula is C55H35N3O. The van der Waals surface area contributed by atoms with Gasteiger partial charge in [0.15, 0.2) is 5.58 Å². The molecule has 0 amide bonds. The van der Waals surface area contributed by atoms with Crippen LogP contribution in [0, 0.1) is 0 Å². The van der Waals surface area contributed by atoms with E-state index in [-0.39, 0.29) is 0 Å². The van der Waals surface area contributed by atoms with E-state index in [4.69, 9.17) is 9.40 Å². The van der Waals surface area contributed by atoms with E-state index < -0.39 is 0 Å². The maximum atomic E-state index is 6.71. The van der Waals surface area contributed by atoms with E-state index in [2.05, 4.69) is 209 Å².